The lowest BCUT2D eigenvalue weighted by atomic mass is 10.2. The van der Waals surface area contributed by atoms with Crippen molar-refractivity contribution < 1.29 is 17.9 Å². The van der Waals surface area contributed by atoms with Crippen molar-refractivity contribution in [3.05, 3.63) is 21.5 Å². The van der Waals surface area contributed by atoms with E-state index in [1.54, 1.807) is 22.6 Å². The van der Waals surface area contributed by atoms with Crippen molar-refractivity contribution in [1.29, 1.82) is 0 Å². The van der Waals surface area contributed by atoms with Gasteiger partial charge in [0.1, 0.15) is 15.0 Å². The molecule has 0 aromatic carbocycles. The maximum atomic E-state index is 12.6. The molecule has 2 nitrogen and oxygen atoms in total. The summed E-state index contributed by atoms with van der Waals surface area (Å²) in [6.07, 6.45) is -1.66. The van der Waals surface area contributed by atoms with Crippen LogP contribution in [0.15, 0.2) is 12.3 Å². The second-order valence-corrected chi connectivity index (χ2v) is 4.42. The average molecular weight is 329 g/mol. The topological polar surface area (TPSA) is 22.1 Å². The number of halogens is 4. The molecule has 1 aromatic heterocycles. The average Bonchev–Trinajstić information content (AvgIpc) is 2.90. The van der Waals surface area contributed by atoms with E-state index in [-0.39, 0.29) is 11.9 Å². The predicted molar refractivity (Wildman–Crippen MR) is 55.6 cm³/mol. The highest BCUT2D eigenvalue weighted by Gasteiger charge is 2.36. The van der Waals surface area contributed by atoms with Gasteiger partial charge in [-0.05, 0) is 41.5 Å². The van der Waals surface area contributed by atoms with Gasteiger partial charge in [0, 0.05) is 0 Å². The predicted octanol–water partition coefficient (Wildman–Crippen LogP) is 3.25. The van der Waals surface area contributed by atoms with Gasteiger partial charge in [0.05, 0.1) is 12.3 Å². The van der Waals surface area contributed by atoms with Gasteiger partial charge in [-0.25, -0.2) is 4.98 Å². The van der Waals surface area contributed by atoms with Crippen molar-refractivity contribution in [2.45, 2.75) is 25.1 Å². The maximum absolute atomic E-state index is 12.6. The van der Waals surface area contributed by atoms with Crippen molar-refractivity contribution in [3.8, 4) is 5.75 Å². The molecular formula is C9H7F3INO. The zero-order chi connectivity index (χ0) is 11.1. The van der Waals surface area contributed by atoms with Gasteiger partial charge in [-0.2, -0.15) is 13.2 Å². The third kappa shape index (κ3) is 2.73. The normalized spacial score (nSPS) is 16.5. The van der Waals surface area contributed by atoms with Gasteiger partial charge < -0.3 is 4.74 Å². The fraction of sp³-hybridized carbons (Fsp3) is 0.444. The number of hydrogen-bond acceptors (Lipinski definition) is 2. The maximum Gasteiger partial charge on any atom is 0.420 e. The van der Waals surface area contributed by atoms with Crippen LogP contribution >= 0.6 is 22.6 Å². The Balaban J connectivity index is 2.34. The Morgan fingerprint density at radius 3 is 2.60 bits per heavy atom. The highest BCUT2D eigenvalue weighted by atomic mass is 127. The van der Waals surface area contributed by atoms with E-state index in [4.69, 9.17) is 4.74 Å². The van der Waals surface area contributed by atoms with Crippen molar-refractivity contribution in [2.75, 3.05) is 0 Å². The van der Waals surface area contributed by atoms with E-state index < -0.39 is 11.7 Å². The molecule has 0 atom stereocenters. The Bertz CT molecular complexity index is 376. The van der Waals surface area contributed by atoms with E-state index in [2.05, 4.69) is 4.98 Å². The van der Waals surface area contributed by atoms with Gasteiger partial charge in [0.15, 0.2) is 0 Å². The second kappa shape index (κ2) is 3.80. The molecule has 0 unspecified atom stereocenters. The summed E-state index contributed by atoms with van der Waals surface area (Å²) in [5.74, 6) is -0.162. The van der Waals surface area contributed by atoms with Gasteiger partial charge in [-0.15, -0.1) is 0 Å². The first-order chi connectivity index (χ1) is 6.97. The zero-order valence-electron chi connectivity index (χ0n) is 7.51. The summed E-state index contributed by atoms with van der Waals surface area (Å²) in [5, 5.41) is 0. The van der Waals surface area contributed by atoms with Crippen LogP contribution < -0.4 is 4.74 Å². The summed E-state index contributed by atoms with van der Waals surface area (Å²) in [6.45, 7) is 0. The Hall–Kier alpha value is -0.530. The molecule has 1 heterocycles. The van der Waals surface area contributed by atoms with Crippen LogP contribution in [-0.4, -0.2) is 11.1 Å². The summed E-state index contributed by atoms with van der Waals surface area (Å²) >= 11 is 1.74. The Kier molecular flexibility index (Phi) is 2.78. The van der Waals surface area contributed by atoms with E-state index in [0.717, 1.165) is 25.1 Å². The molecule has 0 radical (unpaired) electrons. The minimum atomic E-state index is -4.38. The van der Waals surface area contributed by atoms with Crippen LogP contribution in [0.5, 0.6) is 5.75 Å². The SMILES string of the molecule is FC(F)(F)c1cc(I)ncc1OC1CC1. The van der Waals surface area contributed by atoms with E-state index in [9.17, 15) is 13.2 Å². The van der Waals surface area contributed by atoms with Gasteiger partial charge in [0.2, 0.25) is 0 Å². The molecule has 0 spiro atoms. The number of nitrogens with zero attached hydrogens (tertiary/aromatic N) is 1. The van der Waals surface area contributed by atoms with Crippen LogP contribution in [0, 0.1) is 3.70 Å². The number of ether oxygens (including phenoxy) is 1. The van der Waals surface area contributed by atoms with Crippen LogP contribution in [-0.2, 0) is 6.18 Å². The summed E-state index contributed by atoms with van der Waals surface area (Å²) in [5.41, 5.74) is -0.742. The summed E-state index contributed by atoms with van der Waals surface area (Å²) in [7, 11) is 0. The van der Waals surface area contributed by atoms with Crippen LogP contribution in [0.2, 0.25) is 0 Å². The van der Waals surface area contributed by atoms with Crippen LogP contribution in [0.4, 0.5) is 13.2 Å². The molecule has 0 saturated heterocycles. The molecule has 0 bridgehead atoms. The van der Waals surface area contributed by atoms with Gasteiger partial charge in [0.25, 0.3) is 0 Å². The van der Waals surface area contributed by atoms with Gasteiger partial charge in [-0.3, -0.25) is 0 Å². The highest BCUT2D eigenvalue weighted by Crippen LogP contribution is 2.38. The largest absolute Gasteiger partial charge is 0.488 e. The van der Waals surface area contributed by atoms with E-state index >= 15 is 0 Å². The lowest BCUT2D eigenvalue weighted by Gasteiger charge is -2.13. The summed E-state index contributed by atoms with van der Waals surface area (Å²) < 4.78 is 43.2. The summed E-state index contributed by atoms with van der Waals surface area (Å²) in [4.78, 5) is 3.80. The molecule has 1 aliphatic carbocycles. The summed E-state index contributed by atoms with van der Waals surface area (Å²) in [6, 6.07) is 0.998. The standard InChI is InChI=1S/C9H7F3INO/c10-9(11,12)6-3-8(13)14-4-7(6)15-5-1-2-5/h3-5H,1-2H2. The van der Waals surface area contributed by atoms with E-state index in [1.165, 1.54) is 0 Å². The second-order valence-electron chi connectivity index (χ2n) is 3.32. The lowest BCUT2D eigenvalue weighted by molar-refractivity contribution is -0.139. The third-order valence-corrected chi connectivity index (χ3v) is 2.55. The fourth-order valence-corrected chi connectivity index (χ4v) is 1.55. The van der Waals surface area contributed by atoms with Crippen LogP contribution in [0.1, 0.15) is 18.4 Å². The van der Waals surface area contributed by atoms with Crippen molar-refractivity contribution >= 4 is 22.6 Å². The van der Waals surface area contributed by atoms with Gasteiger partial charge >= 0.3 is 6.18 Å². The molecule has 1 aliphatic rings. The Labute approximate surface area is 98.0 Å². The number of alkyl halides is 3. The first-order valence-electron chi connectivity index (χ1n) is 4.36. The number of hydrogen-bond donors (Lipinski definition) is 0. The van der Waals surface area contributed by atoms with Crippen LogP contribution in [0.3, 0.4) is 0 Å². The molecule has 1 saturated carbocycles. The van der Waals surface area contributed by atoms with Crippen molar-refractivity contribution in [3.63, 3.8) is 0 Å². The fourth-order valence-electron chi connectivity index (χ4n) is 1.10. The van der Waals surface area contributed by atoms with Crippen LogP contribution in [0.25, 0.3) is 0 Å². The molecule has 1 fully saturated rings. The van der Waals surface area contributed by atoms with Crippen molar-refractivity contribution in [2.24, 2.45) is 0 Å². The zero-order valence-corrected chi connectivity index (χ0v) is 9.67. The molecule has 1 aromatic rings. The molecule has 0 N–H and O–H groups in total. The smallest absolute Gasteiger partial charge is 0.420 e. The number of rotatable bonds is 2. The third-order valence-electron chi connectivity index (χ3n) is 1.96. The Morgan fingerprint density at radius 2 is 2.07 bits per heavy atom. The molecule has 82 valence electrons. The molecule has 2 rings (SSSR count). The first-order valence-corrected chi connectivity index (χ1v) is 5.44. The molecule has 0 aliphatic heterocycles. The van der Waals surface area contributed by atoms with E-state index in [1.807, 2.05) is 0 Å². The number of aromatic nitrogens is 1. The Morgan fingerprint density at radius 1 is 1.40 bits per heavy atom. The van der Waals surface area contributed by atoms with Gasteiger partial charge in [-0.1, -0.05) is 0 Å². The van der Waals surface area contributed by atoms with E-state index in [0.29, 0.717) is 3.70 Å². The lowest BCUT2D eigenvalue weighted by Crippen LogP contribution is -2.10. The van der Waals surface area contributed by atoms with Crippen molar-refractivity contribution in [1.82, 2.24) is 4.98 Å². The molecule has 6 heteroatoms. The molecule has 15 heavy (non-hydrogen) atoms. The molecule has 0 amide bonds. The minimum absolute atomic E-state index is 0.0621. The highest BCUT2D eigenvalue weighted by molar-refractivity contribution is 14.1. The minimum Gasteiger partial charge on any atom is -0.488 e. The quantitative estimate of drug-likeness (QED) is 0.614. The molecular weight excluding hydrogens is 322 g/mol. The number of pyridine rings is 1. The monoisotopic (exact) mass is 329 g/mol. The first kappa shape index (κ1) is 11.0.